The number of hydrogen-bond acceptors (Lipinski definition) is 3. The molecule has 0 N–H and O–H groups in total. The number of carbonyl (C=O) groups is 1. The number of rotatable bonds is 2. The largest absolute Gasteiger partial charge is 0.466 e. The second-order valence-corrected chi connectivity index (χ2v) is 4.24. The molecule has 1 aliphatic rings. The average Bonchev–Trinajstić information content (AvgIpc) is 2.12. The molecule has 1 fully saturated rings. The number of hydrogen-bond donors (Lipinski definition) is 0. The van der Waals surface area contributed by atoms with Crippen molar-refractivity contribution in [3.8, 4) is 0 Å². The first kappa shape index (κ1) is 11.1. The van der Waals surface area contributed by atoms with Gasteiger partial charge in [0.15, 0.2) is 0 Å². The van der Waals surface area contributed by atoms with Gasteiger partial charge in [0.1, 0.15) is 0 Å². The Balaban J connectivity index is 2.44. The van der Waals surface area contributed by atoms with Crippen LogP contribution in [-0.2, 0) is 9.53 Å². The monoisotopic (exact) mass is 197 g/mol. The van der Waals surface area contributed by atoms with E-state index in [1.807, 2.05) is 6.20 Å². The molecule has 0 aromatic rings. The predicted octanol–water partition coefficient (Wildman–Crippen LogP) is 1.65. The normalized spacial score (nSPS) is 28.1. The Kier molecular flexibility index (Phi) is 3.98. The van der Waals surface area contributed by atoms with Gasteiger partial charge in [0.05, 0.1) is 7.11 Å². The minimum atomic E-state index is -0.282. The lowest BCUT2D eigenvalue weighted by Gasteiger charge is -2.34. The van der Waals surface area contributed by atoms with Crippen LogP contribution in [-0.4, -0.2) is 31.1 Å². The van der Waals surface area contributed by atoms with Crippen LogP contribution in [0.15, 0.2) is 12.3 Å². The summed E-state index contributed by atoms with van der Waals surface area (Å²) in [6, 6.07) is 0. The summed E-state index contributed by atoms with van der Waals surface area (Å²) in [6.07, 6.45) is 4.62. The third-order valence-electron chi connectivity index (χ3n) is 2.52. The highest BCUT2D eigenvalue weighted by molar-refractivity contribution is 5.81. The number of ether oxygens (including phenoxy) is 1. The third kappa shape index (κ3) is 3.40. The molecule has 2 unspecified atom stereocenters. The van der Waals surface area contributed by atoms with Crippen LogP contribution in [0, 0.1) is 11.8 Å². The van der Waals surface area contributed by atoms with E-state index >= 15 is 0 Å². The number of esters is 1. The van der Waals surface area contributed by atoms with E-state index in [2.05, 4.69) is 23.5 Å². The summed E-state index contributed by atoms with van der Waals surface area (Å²) in [5.74, 6) is 1.14. The summed E-state index contributed by atoms with van der Waals surface area (Å²) < 4.78 is 4.54. The minimum Gasteiger partial charge on any atom is -0.466 e. The van der Waals surface area contributed by atoms with Crippen molar-refractivity contribution >= 4 is 5.97 Å². The van der Waals surface area contributed by atoms with Crippen LogP contribution in [0.5, 0.6) is 0 Å². The lowest BCUT2D eigenvalue weighted by Crippen LogP contribution is -2.35. The Morgan fingerprint density at radius 3 is 2.43 bits per heavy atom. The van der Waals surface area contributed by atoms with Gasteiger partial charge in [0, 0.05) is 25.4 Å². The van der Waals surface area contributed by atoms with Crippen molar-refractivity contribution in [2.24, 2.45) is 11.8 Å². The molecule has 1 aliphatic heterocycles. The molecule has 3 heteroatoms. The van der Waals surface area contributed by atoms with Gasteiger partial charge in [0.2, 0.25) is 0 Å². The van der Waals surface area contributed by atoms with Gasteiger partial charge in [0.25, 0.3) is 0 Å². The molecular formula is C11H19NO2. The topological polar surface area (TPSA) is 29.5 Å². The fourth-order valence-corrected chi connectivity index (χ4v) is 2.07. The molecule has 14 heavy (non-hydrogen) atoms. The molecule has 0 aliphatic carbocycles. The number of likely N-dealkylation sites (tertiary alicyclic amines) is 1. The van der Waals surface area contributed by atoms with Gasteiger partial charge in [-0.3, -0.25) is 0 Å². The predicted molar refractivity (Wildman–Crippen MR) is 55.7 cm³/mol. The molecule has 2 atom stereocenters. The maximum Gasteiger partial charge on any atom is 0.331 e. The van der Waals surface area contributed by atoms with Crippen LogP contribution in [0.3, 0.4) is 0 Å². The van der Waals surface area contributed by atoms with Crippen molar-refractivity contribution in [1.82, 2.24) is 4.90 Å². The molecular weight excluding hydrogens is 178 g/mol. The van der Waals surface area contributed by atoms with Crippen LogP contribution in [0.4, 0.5) is 0 Å². The van der Waals surface area contributed by atoms with Crippen LogP contribution >= 0.6 is 0 Å². The van der Waals surface area contributed by atoms with Crippen molar-refractivity contribution in [2.75, 3.05) is 20.2 Å². The molecule has 0 saturated carbocycles. The summed E-state index contributed by atoms with van der Waals surface area (Å²) in [7, 11) is 1.40. The van der Waals surface area contributed by atoms with E-state index in [4.69, 9.17) is 0 Å². The van der Waals surface area contributed by atoms with E-state index < -0.39 is 0 Å². The zero-order valence-corrected chi connectivity index (χ0v) is 9.19. The first-order chi connectivity index (χ1) is 6.61. The van der Waals surface area contributed by atoms with Crippen LogP contribution in [0.25, 0.3) is 0 Å². The Labute approximate surface area is 85.7 Å². The number of piperidine rings is 1. The molecule has 0 aromatic carbocycles. The summed E-state index contributed by atoms with van der Waals surface area (Å²) in [5.41, 5.74) is 0. The van der Waals surface area contributed by atoms with Crippen molar-refractivity contribution in [2.45, 2.75) is 20.3 Å². The maximum absolute atomic E-state index is 10.9. The Morgan fingerprint density at radius 1 is 1.36 bits per heavy atom. The molecule has 0 spiro atoms. The second kappa shape index (κ2) is 5.03. The zero-order chi connectivity index (χ0) is 10.6. The first-order valence-corrected chi connectivity index (χ1v) is 5.12. The van der Waals surface area contributed by atoms with Gasteiger partial charge in [-0.2, -0.15) is 0 Å². The van der Waals surface area contributed by atoms with Crippen LogP contribution < -0.4 is 0 Å². The van der Waals surface area contributed by atoms with Crippen molar-refractivity contribution in [3.05, 3.63) is 12.3 Å². The second-order valence-electron chi connectivity index (χ2n) is 4.24. The van der Waals surface area contributed by atoms with E-state index in [9.17, 15) is 4.79 Å². The van der Waals surface area contributed by atoms with Crippen molar-refractivity contribution < 1.29 is 9.53 Å². The first-order valence-electron chi connectivity index (χ1n) is 5.12. The Morgan fingerprint density at radius 2 is 1.93 bits per heavy atom. The van der Waals surface area contributed by atoms with Gasteiger partial charge in [-0.25, -0.2) is 4.79 Å². The number of carbonyl (C=O) groups excluding carboxylic acids is 1. The smallest absolute Gasteiger partial charge is 0.331 e. The molecule has 3 nitrogen and oxygen atoms in total. The summed E-state index contributed by atoms with van der Waals surface area (Å²) >= 11 is 0. The molecule has 1 heterocycles. The van der Waals surface area contributed by atoms with Gasteiger partial charge >= 0.3 is 5.97 Å². The van der Waals surface area contributed by atoms with Gasteiger partial charge in [-0.15, -0.1) is 0 Å². The molecule has 0 bridgehead atoms. The zero-order valence-electron chi connectivity index (χ0n) is 9.19. The average molecular weight is 197 g/mol. The van der Waals surface area contributed by atoms with Gasteiger partial charge < -0.3 is 9.64 Å². The van der Waals surface area contributed by atoms with E-state index in [1.54, 1.807) is 0 Å². The Hall–Kier alpha value is -0.990. The van der Waals surface area contributed by atoms with Crippen LogP contribution in [0.2, 0.25) is 0 Å². The van der Waals surface area contributed by atoms with Gasteiger partial charge in [-0.1, -0.05) is 13.8 Å². The highest BCUT2D eigenvalue weighted by Gasteiger charge is 2.19. The van der Waals surface area contributed by atoms with E-state index in [0.717, 1.165) is 13.1 Å². The molecule has 0 amide bonds. The molecule has 1 rings (SSSR count). The molecule has 80 valence electrons. The maximum atomic E-state index is 10.9. The van der Waals surface area contributed by atoms with Gasteiger partial charge in [-0.05, 0) is 18.3 Å². The lowest BCUT2D eigenvalue weighted by atomic mass is 9.92. The SMILES string of the molecule is COC(=O)C=CN1CC(C)CC(C)C1. The molecule has 0 radical (unpaired) electrons. The van der Waals surface area contributed by atoms with E-state index in [0.29, 0.717) is 11.8 Å². The van der Waals surface area contributed by atoms with Crippen LogP contribution in [0.1, 0.15) is 20.3 Å². The van der Waals surface area contributed by atoms with Crippen molar-refractivity contribution in [1.29, 1.82) is 0 Å². The van der Waals surface area contributed by atoms with Crippen molar-refractivity contribution in [3.63, 3.8) is 0 Å². The minimum absolute atomic E-state index is 0.282. The third-order valence-corrected chi connectivity index (χ3v) is 2.52. The number of nitrogens with zero attached hydrogens (tertiary/aromatic N) is 1. The molecule has 1 saturated heterocycles. The number of methoxy groups -OCH3 is 1. The Bertz CT molecular complexity index is 215. The highest BCUT2D eigenvalue weighted by atomic mass is 16.5. The van der Waals surface area contributed by atoms with E-state index in [1.165, 1.54) is 19.6 Å². The standard InChI is InChI=1S/C11H19NO2/c1-9-6-10(2)8-12(7-9)5-4-11(13)14-3/h4-5,9-10H,6-8H2,1-3H3. The summed E-state index contributed by atoms with van der Waals surface area (Å²) in [4.78, 5) is 13.1. The summed E-state index contributed by atoms with van der Waals surface area (Å²) in [6.45, 7) is 6.57. The highest BCUT2D eigenvalue weighted by Crippen LogP contribution is 2.20. The van der Waals surface area contributed by atoms with E-state index in [-0.39, 0.29) is 5.97 Å². The fourth-order valence-electron chi connectivity index (χ4n) is 2.07. The quantitative estimate of drug-likeness (QED) is 0.498. The summed E-state index contributed by atoms with van der Waals surface area (Å²) in [5, 5.41) is 0. The molecule has 0 aromatic heterocycles. The fraction of sp³-hybridized carbons (Fsp3) is 0.727. The lowest BCUT2D eigenvalue weighted by molar-refractivity contribution is -0.134.